The van der Waals surface area contributed by atoms with Crippen molar-refractivity contribution in [3.8, 4) is 23.0 Å². The average Bonchev–Trinajstić information content (AvgIpc) is 3.33. The van der Waals surface area contributed by atoms with E-state index in [4.69, 9.17) is 18.9 Å². The summed E-state index contributed by atoms with van der Waals surface area (Å²) in [5.74, 6) is 2.48. The van der Waals surface area contributed by atoms with Crippen LogP contribution in [-0.4, -0.2) is 34.3 Å². The van der Waals surface area contributed by atoms with Gasteiger partial charge in [-0.15, -0.1) is 11.3 Å². The molecule has 0 aliphatic heterocycles. The van der Waals surface area contributed by atoms with Crippen molar-refractivity contribution in [3.63, 3.8) is 0 Å². The molecule has 3 rings (SSSR count). The molecule has 0 atom stereocenters. The second-order valence-electron chi connectivity index (χ2n) is 6.75. The first kappa shape index (κ1) is 22.5. The van der Waals surface area contributed by atoms with Crippen LogP contribution in [0.3, 0.4) is 0 Å². The molecular formula is C24H27NO5S. The van der Waals surface area contributed by atoms with E-state index in [1.807, 2.05) is 53.9 Å². The SMILES string of the molecule is COc1ccc(N(Cc2cccs2)C(=O)CCc2ccc(OC)c(OC)c2OC)cc1. The van der Waals surface area contributed by atoms with Gasteiger partial charge in [0, 0.05) is 17.0 Å². The van der Waals surface area contributed by atoms with Crippen molar-refractivity contribution in [2.75, 3.05) is 33.3 Å². The second-order valence-corrected chi connectivity index (χ2v) is 7.78. The molecule has 0 unspecified atom stereocenters. The fraction of sp³-hybridized carbons (Fsp3) is 0.292. The van der Waals surface area contributed by atoms with E-state index in [1.54, 1.807) is 44.7 Å². The Balaban J connectivity index is 1.82. The zero-order chi connectivity index (χ0) is 22.2. The van der Waals surface area contributed by atoms with E-state index < -0.39 is 0 Å². The summed E-state index contributed by atoms with van der Waals surface area (Å²) in [4.78, 5) is 16.2. The van der Waals surface area contributed by atoms with Crippen molar-refractivity contribution >= 4 is 22.9 Å². The number of carbonyl (C=O) groups excluding carboxylic acids is 1. The summed E-state index contributed by atoms with van der Waals surface area (Å²) in [6, 6.07) is 15.3. The molecule has 3 aromatic rings. The largest absolute Gasteiger partial charge is 0.497 e. The summed E-state index contributed by atoms with van der Waals surface area (Å²) in [6.45, 7) is 0.520. The smallest absolute Gasteiger partial charge is 0.227 e. The second kappa shape index (κ2) is 10.7. The highest BCUT2D eigenvalue weighted by atomic mass is 32.1. The van der Waals surface area contributed by atoms with Gasteiger partial charge in [-0.25, -0.2) is 0 Å². The Morgan fingerprint density at radius 2 is 1.61 bits per heavy atom. The van der Waals surface area contributed by atoms with E-state index in [0.717, 1.165) is 21.9 Å². The Labute approximate surface area is 186 Å². The lowest BCUT2D eigenvalue weighted by molar-refractivity contribution is -0.118. The maximum atomic E-state index is 13.3. The molecule has 31 heavy (non-hydrogen) atoms. The number of hydrogen-bond acceptors (Lipinski definition) is 6. The van der Waals surface area contributed by atoms with E-state index in [-0.39, 0.29) is 5.91 Å². The molecule has 0 N–H and O–H groups in total. The third-order valence-electron chi connectivity index (χ3n) is 4.97. The minimum Gasteiger partial charge on any atom is -0.497 e. The standard InChI is InChI=1S/C24H27NO5S/c1-27-19-11-9-18(10-12-19)25(16-20-6-5-15-31-20)22(26)14-8-17-7-13-21(28-2)24(30-4)23(17)29-3/h5-7,9-13,15H,8,14,16H2,1-4H3. The Hall–Kier alpha value is -3.19. The quantitative estimate of drug-likeness (QED) is 0.446. The molecule has 1 amide bonds. The van der Waals surface area contributed by atoms with Gasteiger partial charge in [-0.3, -0.25) is 4.79 Å². The van der Waals surface area contributed by atoms with Crippen LogP contribution in [-0.2, 0) is 17.8 Å². The van der Waals surface area contributed by atoms with Gasteiger partial charge in [0.15, 0.2) is 11.5 Å². The van der Waals surface area contributed by atoms with Crippen LogP contribution >= 0.6 is 11.3 Å². The van der Waals surface area contributed by atoms with E-state index in [2.05, 4.69) is 0 Å². The first-order valence-corrected chi connectivity index (χ1v) is 10.7. The number of aryl methyl sites for hydroxylation is 1. The number of carbonyl (C=O) groups is 1. The summed E-state index contributed by atoms with van der Waals surface area (Å²) in [6.07, 6.45) is 0.836. The number of methoxy groups -OCH3 is 4. The first-order valence-electron chi connectivity index (χ1n) is 9.85. The van der Waals surface area contributed by atoms with E-state index in [9.17, 15) is 4.79 Å². The summed E-state index contributed by atoms with van der Waals surface area (Å²) in [5, 5.41) is 2.01. The molecule has 0 aliphatic rings. The molecule has 2 aromatic carbocycles. The van der Waals surface area contributed by atoms with Crippen LogP contribution in [0.2, 0.25) is 0 Å². The Kier molecular flexibility index (Phi) is 7.78. The van der Waals surface area contributed by atoms with Crippen LogP contribution in [0.4, 0.5) is 5.69 Å². The molecule has 0 bridgehead atoms. The number of benzene rings is 2. The lowest BCUT2D eigenvalue weighted by Gasteiger charge is -2.23. The number of hydrogen-bond donors (Lipinski definition) is 0. The minimum atomic E-state index is 0.0235. The monoisotopic (exact) mass is 441 g/mol. The highest BCUT2D eigenvalue weighted by Crippen LogP contribution is 2.40. The third kappa shape index (κ3) is 5.30. The van der Waals surface area contributed by atoms with Crippen LogP contribution in [0.25, 0.3) is 0 Å². The summed E-state index contributed by atoms with van der Waals surface area (Å²) >= 11 is 1.63. The summed E-state index contributed by atoms with van der Waals surface area (Å²) in [5.41, 5.74) is 1.72. The molecular weight excluding hydrogens is 414 g/mol. The maximum Gasteiger partial charge on any atom is 0.227 e. The molecule has 0 radical (unpaired) electrons. The zero-order valence-corrected chi connectivity index (χ0v) is 19.0. The molecule has 0 aliphatic carbocycles. The maximum absolute atomic E-state index is 13.3. The first-order chi connectivity index (χ1) is 15.1. The normalized spacial score (nSPS) is 10.5. The Bertz CT molecular complexity index is 986. The number of rotatable bonds is 10. The number of anilines is 1. The average molecular weight is 442 g/mol. The van der Waals surface area contributed by atoms with Gasteiger partial charge in [0.05, 0.1) is 35.0 Å². The number of ether oxygens (including phenoxy) is 4. The molecule has 0 saturated carbocycles. The van der Waals surface area contributed by atoms with Crippen LogP contribution < -0.4 is 23.8 Å². The van der Waals surface area contributed by atoms with E-state index in [0.29, 0.717) is 36.6 Å². The molecule has 1 aromatic heterocycles. The predicted molar refractivity (Wildman–Crippen MR) is 123 cm³/mol. The highest BCUT2D eigenvalue weighted by Gasteiger charge is 2.20. The number of thiophene rings is 1. The fourth-order valence-corrected chi connectivity index (χ4v) is 4.07. The predicted octanol–water partition coefficient (Wildman–Crippen LogP) is 4.95. The van der Waals surface area contributed by atoms with E-state index in [1.165, 1.54) is 0 Å². The van der Waals surface area contributed by atoms with Gasteiger partial charge in [-0.2, -0.15) is 0 Å². The zero-order valence-electron chi connectivity index (χ0n) is 18.2. The minimum absolute atomic E-state index is 0.0235. The Morgan fingerprint density at radius 1 is 0.871 bits per heavy atom. The Morgan fingerprint density at radius 3 is 2.19 bits per heavy atom. The molecule has 6 nitrogen and oxygen atoms in total. The molecule has 1 heterocycles. The lowest BCUT2D eigenvalue weighted by Crippen LogP contribution is -2.30. The molecule has 0 fully saturated rings. The van der Waals surface area contributed by atoms with Crippen molar-refractivity contribution in [2.45, 2.75) is 19.4 Å². The van der Waals surface area contributed by atoms with E-state index >= 15 is 0 Å². The van der Waals surface area contributed by atoms with Crippen LogP contribution in [0, 0.1) is 0 Å². The summed E-state index contributed by atoms with van der Waals surface area (Å²) < 4.78 is 21.6. The topological polar surface area (TPSA) is 57.2 Å². The van der Waals surface area contributed by atoms with Crippen molar-refractivity contribution in [1.82, 2.24) is 0 Å². The number of nitrogens with zero attached hydrogens (tertiary/aromatic N) is 1. The van der Waals surface area contributed by atoms with Gasteiger partial charge >= 0.3 is 0 Å². The summed E-state index contributed by atoms with van der Waals surface area (Å²) in [7, 11) is 6.36. The van der Waals surface area contributed by atoms with Crippen molar-refractivity contribution in [3.05, 3.63) is 64.4 Å². The molecule has 0 spiro atoms. The molecule has 7 heteroatoms. The van der Waals surface area contributed by atoms with Gasteiger partial charge < -0.3 is 23.8 Å². The molecule has 0 saturated heterocycles. The van der Waals surface area contributed by atoms with Crippen LogP contribution in [0.15, 0.2) is 53.9 Å². The van der Waals surface area contributed by atoms with Crippen LogP contribution in [0.5, 0.6) is 23.0 Å². The van der Waals surface area contributed by atoms with Gasteiger partial charge in [-0.05, 0) is 53.8 Å². The lowest BCUT2D eigenvalue weighted by atomic mass is 10.1. The molecule has 164 valence electrons. The van der Waals surface area contributed by atoms with Gasteiger partial charge in [0.1, 0.15) is 5.75 Å². The number of amides is 1. The van der Waals surface area contributed by atoms with Gasteiger partial charge in [0.25, 0.3) is 0 Å². The van der Waals surface area contributed by atoms with Crippen LogP contribution in [0.1, 0.15) is 16.9 Å². The van der Waals surface area contributed by atoms with Crippen molar-refractivity contribution in [1.29, 1.82) is 0 Å². The fourth-order valence-electron chi connectivity index (χ4n) is 3.38. The van der Waals surface area contributed by atoms with Crippen molar-refractivity contribution < 1.29 is 23.7 Å². The highest BCUT2D eigenvalue weighted by molar-refractivity contribution is 7.09. The van der Waals surface area contributed by atoms with Crippen molar-refractivity contribution in [2.24, 2.45) is 0 Å². The van der Waals surface area contributed by atoms with Gasteiger partial charge in [-0.1, -0.05) is 12.1 Å². The van der Waals surface area contributed by atoms with Gasteiger partial charge in [0.2, 0.25) is 11.7 Å². The third-order valence-corrected chi connectivity index (χ3v) is 5.83.